The molecular formula is C19H18N2OS3. The van der Waals surface area contributed by atoms with Crippen LogP contribution in [0.15, 0.2) is 57.6 Å². The van der Waals surface area contributed by atoms with Crippen LogP contribution >= 0.6 is 34.4 Å². The summed E-state index contributed by atoms with van der Waals surface area (Å²) < 4.78 is 0.957. The number of rotatable bonds is 5. The lowest BCUT2D eigenvalue weighted by atomic mass is 10.2. The van der Waals surface area contributed by atoms with Crippen molar-refractivity contribution in [3.63, 3.8) is 0 Å². The van der Waals surface area contributed by atoms with Gasteiger partial charge in [0.15, 0.2) is 4.34 Å². The second-order valence-corrected chi connectivity index (χ2v) is 8.97. The van der Waals surface area contributed by atoms with Crippen LogP contribution in [0.1, 0.15) is 23.8 Å². The van der Waals surface area contributed by atoms with Gasteiger partial charge in [0.05, 0.1) is 17.5 Å². The van der Waals surface area contributed by atoms with E-state index in [4.69, 9.17) is 0 Å². The quantitative estimate of drug-likeness (QED) is 0.556. The minimum atomic E-state index is 0.220. The average Bonchev–Trinajstić information content (AvgIpc) is 3.41. The van der Waals surface area contributed by atoms with Crippen molar-refractivity contribution in [2.75, 3.05) is 12.3 Å². The number of hydrogen-bond acceptors (Lipinski definition) is 5. The molecule has 3 heterocycles. The van der Waals surface area contributed by atoms with E-state index < -0.39 is 0 Å². The Balaban J connectivity index is 1.38. The van der Waals surface area contributed by atoms with Crippen molar-refractivity contribution < 1.29 is 4.79 Å². The predicted octanol–water partition coefficient (Wildman–Crippen LogP) is 5.33. The number of thioether (sulfide) groups is 1. The van der Waals surface area contributed by atoms with E-state index in [-0.39, 0.29) is 11.9 Å². The number of likely N-dealkylation sites (tertiary alicyclic amines) is 1. The van der Waals surface area contributed by atoms with Gasteiger partial charge in [0.2, 0.25) is 5.91 Å². The maximum absolute atomic E-state index is 12.7. The van der Waals surface area contributed by atoms with E-state index in [2.05, 4.69) is 40.0 Å². The number of amides is 1. The molecule has 0 spiro atoms. The summed E-state index contributed by atoms with van der Waals surface area (Å²) in [4.78, 5) is 20.7. The van der Waals surface area contributed by atoms with Crippen molar-refractivity contribution in [2.45, 2.75) is 23.2 Å². The fraction of sp³-hybridized carbons (Fsp3) is 0.263. The number of hydrogen-bond donors (Lipinski definition) is 0. The Labute approximate surface area is 159 Å². The molecule has 25 heavy (non-hydrogen) atoms. The van der Waals surface area contributed by atoms with Gasteiger partial charge in [0.1, 0.15) is 0 Å². The molecule has 1 aliphatic heterocycles. The third kappa shape index (κ3) is 3.81. The number of carbonyl (C=O) groups is 1. The molecule has 1 unspecified atom stereocenters. The Hall–Kier alpha value is -1.63. The molecule has 6 heteroatoms. The van der Waals surface area contributed by atoms with Crippen molar-refractivity contribution in [3.8, 4) is 11.3 Å². The van der Waals surface area contributed by atoms with Gasteiger partial charge in [-0.2, -0.15) is 0 Å². The van der Waals surface area contributed by atoms with Crippen molar-refractivity contribution in [2.24, 2.45) is 0 Å². The highest BCUT2D eigenvalue weighted by molar-refractivity contribution is 8.01. The second-order valence-electron chi connectivity index (χ2n) is 5.91. The second kappa shape index (κ2) is 7.72. The Kier molecular flexibility index (Phi) is 5.20. The Morgan fingerprint density at radius 3 is 2.88 bits per heavy atom. The van der Waals surface area contributed by atoms with E-state index in [1.165, 1.54) is 4.88 Å². The number of nitrogens with zero attached hydrogens (tertiary/aromatic N) is 2. The first-order chi connectivity index (χ1) is 12.3. The summed E-state index contributed by atoms with van der Waals surface area (Å²) in [5.41, 5.74) is 2.10. The number of aromatic nitrogens is 1. The van der Waals surface area contributed by atoms with Crippen molar-refractivity contribution >= 4 is 40.3 Å². The van der Waals surface area contributed by atoms with Crippen molar-refractivity contribution in [1.29, 1.82) is 0 Å². The lowest BCUT2D eigenvalue weighted by Crippen LogP contribution is -2.31. The fourth-order valence-corrected chi connectivity index (χ4v) is 5.71. The molecule has 1 amide bonds. The predicted molar refractivity (Wildman–Crippen MR) is 106 cm³/mol. The normalized spacial score (nSPS) is 17.1. The summed E-state index contributed by atoms with van der Waals surface area (Å²) >= 11 is 4.91. The lowest BCUT2D eigenvalue weighted by Gasteiger charge is -2.23. The number of benzene rings is 1. The molecule has 3 aromatic rings. The molecule has 1 aromatic carbocycles. The Morgan fingerprint density at radius 1 is 1.20 bits per heavy atom. The minimum Gasteiger partial charge on any atom is -0.334 e. The van der Waals surface area contributed by atoms with E-state index in [0.717, 1.165) is 35.0 Å². The summed E-state index contributed by atoms with van der Waals surface area (Å²) in [7, 11) is 0. The van der Waals surface area contributed by atoms with Crippen LogP contribution in [-0.2, 0) is 4.79 Å². The summed E-state index contributed by atoms with van der Waals surface area (Å²) in [6.45, 7) is 0.870. The smallest absolute Gasteiger partial charge is 0.233 e. The maximum Gasteiger partial charge on any atom is 0.233 e. The summed E-state index contributed by atoms with van der Waals surface area (Å²) in [6.07, 6.45) is 2.17. The molecular weight excluding hydrogens is 368 g/mol. The van der Waals surface area contributed by atoms with Crippen LogP contribution in [0.5, 0.6) is 0 Å². The molecule has 1 aliphatic rings. The average molecular weight is 387 g/mol. The SMILES string of the molecule is O=C(CSc1nc(-c2ccccc2)cs1)N1CCCC1c1cccs1. The molecule has 1 saturated heterocycles. The molecule has 1 fully saturated rings. The van der Waals surface area contributed by atoms with Gasteiger partial charge in [0, 0.05) is 22.4 Å². The van der Waals surface area contributed by atoms with Gasteiger partial charge in [-0.25, -0.2) is 4.98 Å². The van der Waals surface area contributed by atoms with E-state index in [1.54, 1.807) is 34.4 Å². The molecule has 2 aromatic heterocycles. The van der Waals surface area contributed by atoms with Crippen LogP contribution in [0.3, 0.4) is 0 Å². The zero-order valence-corrected chi connectivity index (χ0v) is 16.1. The standard InChI is InChI=1S/C19H18N2OS3/c22-18(21-10-4-8-16(21)17-9-5-11-23-17)13-25-19-20-15(12-24-19)14-6-2-1-3-7-14/h1-3,5-7,9,11-12,16H,4,8,10,13H2. The lowest BCUT2D eigenvalue weighted by molar-refractivity contribution is -0.129. The highest BCUT2D eigenvalue weighted by Crippen LogP contribution is 2.35. The topological polar surface area (TPSA) is 33.2 Å². The summed E-state index contributed by atoms with van der Waals surface area (Å²) in [5, 5.41) is 4.15. The van der Waals surface area contributed by atoms with Crippen LogP contribution in [-0.4, -0.2) is 28.1 Å². The first-order valence-electron chi connectivity index (χ1n) is 8.28. The minimum absolute atomic E-state index is 0.220. The van der Waals surface area contributed by atoms with Crippen molar-refractivity contribution in [1.82, 2.24) is 9.88 Å². The van der Waals surface area contributed by atoms with Gasteiger partial charge in [-0.05, 0) is 24.3 Å². The molecule has 1 atom stereocenters. The van der Waals surface area contributed by atoms with Crippen LogP contribution in [0.2, 0.25) is 0 Å². The molecule has 0 bridgehead atoms. The third-order valence-corrected chi connectivity index (χ3v) is 7.30. The first kappa shape index (κ1) is 16.8. The van der Waals surface area contributed by atoms with Crippen LogP contribution in [0, 0.1) is 0 Å². The van der Waals surface area contributed by atoms with E-state index in [1.807, 2.05) is 23.1 Å². The molecule has 0 saturated carbocycles. The zero-order chi connectivity index (χ0) is 17.1. The van der Waals surface area contributed by atoms with Gasteiger partial charge in [0.25, 0.3) is 0 Å². The van der Waals surface area contributed by atoms with Crippen molar-refractivity contribution in [3.05, 3.63) is 58.1 Å². The molecule has 4 rings (SSSR count). The molecule has 0 N–H and O–H groups in total. The van der Waals surface area contributed by atoms with Crippen LogP contribution < -0.4 is 0 Å². The van der Waals surface area contributed by atoms with Gasteiger partial charge in [-0.3, -0.25) is 4.79 Å². The Bertz CT molecular complexity index is 829. The highest BCUT2D eigenvalue weighted by Gasteiger charge is 2.30. The van der Waals surface area contributed by atoms with Gasteiger partial charge in [-0.15, -0.1) is 22.7 Å². The van der Waals surface area contributed by atoms with Gasteiger partial charge < -0.3 is 4.90 Å². The summed E-state index contributed by atoms with van der Waals surface area (Å²) in [6, 6.07) is 14.6. The van der Waals surface area contributed by atoms with E-state index >= 15 is 0 Å². The number of thiophene rings is 1. The number of carbonyl (C=O) groups excluding carboxylic acids is 1. The third-order valence-electron chi connectivity index (χ3n) is 4.32. The van der Waals surface area contributed by atoms with E-state index in [0.29, 0.717) is 5.75 Å². The van der Waals surface area contributed by atoms with Gasteiger partial charge in [-0.1, -0.05) is 48.2 Å². The molecule has 0 radical (unpaired) electrons. The summed E-state index contributed by atoms with van der Waals surface area (Å²) in [5.74, 6) is 0.682. The molecule has 128 valence electrons. The Morgan fingerprint density at radius 2 is 2.08 bits per heavy atom. The zero-order valence-electron chi connectivity index (χ0n) is 13.6. The highest BCUT2D eigenvalue weighted by atomic mass is 32.2. The van der Waals surface area contributed by atoms with Crippen LogP contribution in [0.4, 0.5) is 0 Å². The number of thiazole rings is 1. The van der Waals surface area contributed by atoms with E-state index in [9.17, 15) is 4.79 Å². The largest absolute Gasteiger partial charge is 0.334 e. The van der Waals surface area contributed by atoms with Gasteiger partial charge >= 0.3 is 0 Å². The maximum atomic E-state index is 12.7. The molecule has 3 nitrogen and oxygen atoms in total. The van der Waals surface area contributed by atoms with Crippen LogP contribution in [0.25, 0.3) is 11.3 Å². The fourth-order valence-electron chi connectivity index (χ4n) is 3.11. The molecule has 0 aliphatic carbocycles. The first-order valence-corrected chi connectivity index (χ1v) is 11.0. The monoisotopic (exact) mass is 386 g/mol.